The van der Waals surface area contributed by atoms with Crippen LogP contribution >= 0.6 is 11.6 Å². The van der Waals surface area contributed by atoms with Crippen molar-refractivity contribution >= 4 is 35.6 Å². The molecule has 1 aliphatic rings. The Morgan fingerprint density at radius 2 is 2.04 bits per heavy atom. The molecule has 9 heteroatoms. The topological polar surface area (TPSA) is 103 Å². The molecule has 1 fully saturated rings. The molecule has 0 saturated heterocycles. The van der Waals surface area contributed by atoms with E-state index in [4.69, 9.17) is 25.8 Å². The van der Waals surface area contributed by atoms with Crippen LogP contribution in [-0.2, 0) is 14.3 Å². The largest absolute Gasteiger partial charge is 0.491 e. The lowest BCUT2D eigenvalue weighted by Gasteiger charge is -2.12. The zero-order valence-electron chi connectivity index (χ0n) is 15.9. The maximum absolute atomic E-state index is 11.9. The summed E-state index contributed by atoms with van der Waals surface area (Å²) in [5, 5.41) is 5.07. The molecular weight excluding hydrogens is 388 g/mol. The van der Waals surface area contributed by atoms with Crippen LogP contribution in [0.15, 0.2) is 18.2 Å². The van der Waals surface area contributed by atoms with Gasteiger partial charge in [-0.25, -0.2) is 9.59 Å². The van der Waals surface area contributed by atoms with Gasteiger partial charge in [-0.3, -0.25) is 10.1 Å². The Kier molecular flexibility index (Phi) is 7.69. The maximum atomic E-state index is 11.9. The molecule has 3 amide bonds. The van der Waals surface area contributed by atoms with Crippen LogP contribution in [0.5, 0.6) is 11.5 Å². The lowest BCUT2D eigenvalue weighted by atomic mass is 10.2. The number of methoxy groups -OCH3 is 1. The van der Waals surface area contributed by atoms with Crippen molar-refractivity contribution in [2.75, 3.05) is 13.7 Å². The van der Waals surface area contributed by atoms with Crippen LogP contribution in [0.25, 0.3) is 6.08 Å². The molecule has 1 aliphatic carbocycles. The average Bonchev–Trinajstić information content (AvgIpc) is 3.43. The molecule has 0 heterocycles. The summed E-state index contributed by atoms with van der Waals surface area (Å²) >= 11 is 6.15. The summed E-state index contributed by atoms with van der Waals surface area (Å²) in [5.74, 6) is -0.598. The summed E-state index contributed by atoms with van der Waals surface area (Å²) in [4.78, 5) is 35.4. The van der Waals surface area contributed by atoms with Gasteiger partial charge in [0.2, 0.25) is 0 Å². The van der Waals surface area contributed by atoms with E-state index < -0.39 is 24.0 Å². The van der Waals surface area contributed by atoms with Crippen molar-refractivity contribution in [3.05, 3.63) is 28.8 Å². The molecule has 0 aliphatic heterocycles. The second-order valence-electron chi connectivity index (χ2n) is 6.12. The van der Waals surface area contributed by atoms with Crippen LogP contribution in [0.2, 0.25) is 5.02 Å². The van der Waals surface area contributed by atoms with Crippen LogP contribution in [-0.4, -0.2) is 43.8 Å². The highest BCUT2D eigenvalue weighted by molar-refractivity contribution is 6.32. The van der Waals surface area contributed by atoms with Crippen LogP contribution in [0.1, 0.15) is 32.3 Å². The first kappa shape index (κ1) is 21.6. The van der Waals surface area contributed by atoms with Gasteiger partial charge >= 0.3 is 12.0 Å². The zero-order chi connectivity index (χ0) is 20.7. The summed E-state index contributed by atoms with van der Waals surface area (Å²) in [5.41, 5.74) is 0.590. The molecule has 8 nitrogen and oxygen atoms in total. The van der Waals surface area contributed by atoms with E-state index in [1.165, 1.54) is 20.1 Å². The number of rotatable bonds is 8. The van der Waals surface area contributed by atoms with Crippen molar-refractivity contribution in [2.45, 2.75) is 38.8 Å². The third kappa shape index (κ3) is 6.45. The van der Waals surface area contributed by atoms with Crippen molar-refractivity contribution in [3.63, 3.8) is 0 Å². The van der Waals surface area contributed by atoms with Gasteiger partial charge in [-0.15, -0.1) is 0 Å². The van der Waals surface area contributed by atoms with Crippen LogP contribution in [0.4, 0.5) is 4.79 Å². The number of ether oxygens (including phenoxy) is 3. The molecule has 0 aromatic heterocycles. The van der Waals surface area contributed by atoms with Gasteiger partial charge in [0.15, 0.2) is 17.6 Å². The van der Waals surface area contributed by atoms with Gasteiger partial charge in [-0.2, -0.15) is 0 Å². The SMILES string of the molecule is CCOc1cc(/C=C/C(=O)OC(C)C(=O)NC(=O)NC2CC2)cc(Cl)c1OC. The van der Waals surface area contributed by atoms with E-state index in [0.29, 0.717) is 28.7 Å². The fourth-order valence-electron chi connectivity index (χ4n) is 2.24. The number of urea groups is 1. The number of nitrogens with one attached hydrogen (secondary N) is 2. The number of hydrogen-bond donors (Lipinski definition) is 2. The van der Waals surface area contributed by atoms with Gasteiger partial charge in [0.1, 0.15) is 0 Å². The number of esters is 1. The normalized spacial score (nSPS) is 14.3. The number of carbonyl (C=O) groups is 3. The van der Waals surface area contributed by atoms with Crippen molar-refractivity contribution in [3.8, 4) is 11.5 Å². The first-order valence-corrected chi connectivity index (χ1v) is 9.22. The van der Waals surface area contributed by atoms with Gasteiger partial charge in [0.05, 0.1) is 18.7 Å². The number of carbonyl (C=O) groups excluding carboxylic acids is 3. The number of halogens is 1. The van der Waals surface area contributed by atoms with Crippen LogP contribution in [0, 0.1) is 0 Å². The predicted molar refractivity (Wildman–Crippen MR) is 103 cm³/mol. The molecule has 0 radical (unpaired) electrons. The molecule has 0 bridgehead atoms. The first-order valence-electron chi connectivity index (χ1n) is 8.84. The van der Waals surface area contributed by atoms with Gasteiger partial charge in [-0.1, -0.05) is 11.6 Å². The molecule has 152 valence electrons. The van der Waals surface area contributed by atoms with E-state index in [0.717, 1.165) is 18.9 Å². The summed E-state index contributed by atoms with van der Waals surface area (Å²) in [6.07, 6.45) is 3.30. The number of hydrogen-bond acceptors (Lipinski definition) is 6. The second-order valence-corrected chi connectivity index (χ2v) is 6.52. The fourth-order valence-corrected chi connectivity index (χ4v) is 2.54. The summed E-state index contributed by atoms with van der Waals surface area (Å²) in [7, 11) is 1.48. The summed E-state index contributed by atoms with van der Waals surface area (Å²) < 4.78 is 15.7. The lowest BCUT2D eigenvalue weighted by molar-refractivity contribution is -0.149. The Morgan fingerprint density at radius 3 is 2.64 bits per heavy atom. The Bertz CT molecular complexity index is 776. The molecule has 1 saturated carbocycles. The highest BCUT2D eigenvalue weighted by Crippen LogP contribution is 2.36. The molecule has 1 aromatic carbocycles. The lowest BCUT2D eigenvalue weighted by Crippen LogP contribution is -2.45. The maximum Gasteiger partial charge on any atom is 0.331 e. The minimum absolute atomic E-state index is 0.117. The third-order valence-electron chi connectivity index (χ3n) is 3.76. The van der Waals surface area contributed by atoms with E-state index in [1.807, 2.05) is 6.92 Å². The Balaban J connectivity index is 1.93. The molecule has 2 rings (SSSR count). The number of benzene rings is 1. The smallest absolute Gasteiger partial charge is 0.331 e. The monoisotopic (exact) mass is 410 g/mol. The molecule has 1 aromatic rings. The molecule has 28 heavy (non-hydrogen) atoms. The minimum Gasteiger partial charge on any atom is -0.491 e. The second kappa shape index (κ2) is 9.98. The van der Waals surface area contributed by atoms with E-state index in [9.17, 15) is 14.4 Å². The summed E-state index contributed by atoms with van der Waals surface area (Å²) in [6.45, 7) is 3.62. The van der Waals surface area contributed by atoms with Gasteiger partial charge in [0.25, 0.3) is 5.91 Å². The standard InChI is InChI=1S/C19H23ClN2O6/c1-4-27-15-10-12(9-14(20)17(15)26-3)5-8-16(23)28-11(2)18(24)22-19(25)21-13-6-7-13/h5,8-11,13H,4,6-7H2,1-3H3,(H2,21,22,24,25)/b8-5+. The molecule has 1 unspecified atom stereocenters. The predicted octanol–water partition coefficient (Wildman–Crippen LogP) is 2.68. The number of imide groups is 1. The van der Waals surface area contributed by atoms with Crippen molar-refractivity contribution < 1.29 is 28.6 Å². The van der Waals surface area contributed by atoms with E-state index >= 15 is 0 Å². The fraction of sp³-hybridized carbons (Fsp3) is 0.421. The van der Waals surface area contributed by atoms with Gasteiger partial charge < -0.3 is 19.5 Å². The highest BCUT2D eigenvalue weighted by atomic mass is 35.5. The van der Waals surface area contributed by atoms with Crippen molar-refractivity contribution in [2.24, 2.45) is 0 Å². The Morgan fingerprint density at radius 1 is 1.32 bits per heavy atom. The minimum atomic E-state index is -1.12. The van der Waals surface area contributed by atoms with Crippen LogP contribution < -0.4 is 20.1 Å². The van der Waals surface area contributed by atoms with E-state index in [1.54, 1.807) is 12.1 Å². The first-order chi connectivity index (χ1) is 13.3. The van der Waals surface area contributed by atoms with Crippen LogP contribution in [0.3, 0.4) is 0 Å². The third-order valence-corrected chi connectivity index (χ3v) is 4.04. The Hall–Kier alpha value is -2.74. The van der Waals surface area contributed by atoms with Gasteiger partial charge in [0, 0.05) is 12.1 Å². The molecule has 1 atom stereocenters. The number of amides is 3. The highest BCUT2D eigenvalue weighted by Gasteiger charge is 2.25. The zero-order valence-corrected chi connectivity index (χ0v) is 16.7. The molecular formula is C19H23ClN2O6. The molecule has 2 N–H and O–H groups in total. The average molecular weight is 411 g/mol. The van der Waals surface area contributed by atoms with Gasteiger partial charge in [-0.05, 0) is 50.5 Å². The summed E-state index contributed by atoms with van der Waals surface area (Å²) in [6, 6.07) is 2.79. The molecule has 0 spiro atoms. The van der Waals surface area contributed by atoms with E-state index in [2.05, 4.69) is 10.6 Å². The quantitative estimate of drug-likeness (QED) is 0.504. The van der Waals surface area contributed by atoms with Crippen molar-refractivity contribution in [1.82, 2.24) is 10.6 Å². The van der Waals surface area contributed by atoms with Crippen molar-refractivity contribution in [1.29, 1.82) is 0 Å². The van der Waals surface area contributed by atoms with E-state index in [-0.39, 0.29) is 6.04 Å². The Labute approximate surface area is 168 Å².